The van der Waals surface area contributed by atoms with Gasteiger partial charge in [0.05, 0.1) is 0 Å². The summed E-state index contributed by atoms with van der Waals surface area (Å²) in [6.45, 7) is 8.48. The van der Waals surface area contributed by atoms with Crippen molar-refractivity contribution in [3.63, 3.8) is 0 Å². The van der Waals surface area contributed by atoms with E-state index < -0.39 is 0 Å². The van der Waals surface area contributed by atoms with Gasteiger partial charge in [-0.3, -0.25) is 4.79 Å². The van der Waals surface area contributed by atoms with Gasteiger partial charge in [-0.15, -0.1) is 0 Å². The van der Waals surface area contributed by atoms with Crippen molar-refractivity contribution >= 4 is 5.91 Å². The van der Waals surface area contributed by atoms with E-state index >= 15 is 0 Å². The van der Waals surface area contributed by atoms with Gasteiger partial charge in [0, 0.05) is 12.0 Å². The maximum absolute atomic E-state index is 11.5. The largest absolute Gasteiger partial charge is 0.351 e. The molecule has 0 unspecified atom stereocenters. The van der Waals surface area contributed by atoms with Crippen LogP contribution >= 0.6 is 0 Å². The van der Waals surface area contributed by atoms with E-state index in [0.29, 0.717) is 6.42 Å². The minimum absolute atomic E-state index is 0.0297. The lowest BCUT2D eigenvalue weighted by Crippen LogP contribution is -2.43. The quantitative estimate of drug-likeness (QED) is 0.626. The van der Waals surface area contributed by atoms with Crippen LogP contribution in [0.5, 0.6) is 0 Å². The van der Waals surface area contributed by atoms with Crippen LogP contribution in [0.3, 0.4) is 0 Å². The molecule has 0 saturated carbocycles. The Morgan fingerprint density at radius 1 is 1.14 bits per heavy atom. The molecule has 2 heteroatoms. The Labute approximate surface area is 88.5 Å². The lowest BCUT2D eigenvalue weighted by Gasteiger charge is -2.25. The molecule has 0 aliphatic heterocycles. The van der Waals surface area contributed by atoms with Crippen molar-refractivity contribution in [2.75, 3.05) is 0 Å². The standard InChI is InChI=1S/C12H25NO/c1-5-7-8-9-11(14)13-12(3,4)10-6-2/h5-10H2,1-4H3,(H,13,14). The summed E-state index contributed by atoms with van der Waals surface area (Å²) in [7, 11) is 0. The molecule has 14 heavy (non-hydrogen) atoms. The van der Waals surface area contributed by atoms with E-state index in [2.05, 4.69) is 33.0 Å². The molecular formula is C12H25NO. The van der Waals surface area contributed by atoms with E-state index in [1.54, 1.807) is 0 Å². The van der Waals surface area contributed by atoms with Gasteiger partial charge in [0.2, 0.25) is 5.91 Å². The van der Waals surface area contributed by atoms with Gasteiger partial charge in [-0.2, -0.15) is 0 Å². The normalized spacial score (nSPS) is 11.4. The van der Waals surface area contributed by atoms with Crippen LogP contribution in [0.15, 0.2) is 0 Å². The van der Waals surface area contributed by atoms with Crippen LogP contribution < -0.4 is 5.32 Å². The Kier molecular flexibility index (Phi) is 6.60. The van der Waals surface area contributed by atoms with Crippen LogP contribution in [0, 0.1) is 0 Å². The molecule has 1 amide bonds. The van der Waals surface area contributed by atoms with E-state index in [4.69, 9.17) is 0 Å². The summed E-state index contributed by atoms with van der Waals surface area (Å²) in [5.74, 6) is 0.205. The van der Waals surface area contributed by atoms with Gasteiger partial charge >= 0.3 is 0 Å². The molecule has 0 atom stereocenters. The van der Waals surface area contributed by atoms with Crippen LogP contribution in [0.4, 0.5) is 0 Å². The zero-order chi connectivity index (χ0) is 11.0. The Morgan fingerprint density at radius 3 is 2.29 bits per heavy atom. The second kappa shape index (κ2) is 6.86. The second-order valence-corrected chi connectivity index (χ2v) is 4.64. The third-order valence-electron chi connectivity index (χ3n) is 2.36. The molecule has 0 radical (unpaired) electrons. The van der Waals surface area contributed by atoms with Gasteiger partial charge in [-0.1, -0.05) is 33.1 Å². The van der Waals surface area contributed by atoms with Crippen LogP contribution in [0.2, 0.25) is 0 Å². The zero-order valence-corrected chi connectivity index (χ0v) is 10.2. The lowest BCUT2D eigenvalue weighted by molar-refractivity contribution is -0.122. The molecular weight excluding hydrogens is 174 g/mol. The first kappa shape index (κ1) is 13.5. The first-order chi connectivity index (χ1) is 6.52. The van der Waals surface area contributed by atoms with Gasteiger partial charge in [0.15, 0.2) is 0 Å². The SMILES string of the molecule is CCCCCC(=O)NC(C)(C)CCC. The Balaban J connectivity index is 3.69. The minimum Gasteiger partial charge on any atom is -0.351 e. The summed E-state index contributed by atoms with van der Waals surface area (Å²) >= 11 is 0. The van der Waals surface area contributed by atoms with Crippen molar-refractivity contribution in [1.29, 1.82) is 0 Å². The first-order valence-corrected chi connectivity index (χ1v) is 5.83. The molecule has 0 saturated heterocycles. The molecule has 0 aliphatic carbocycles. The Morgan fingerprint density at radius 2 is 1.79 bits per heavy atom. The molecule has 0 rings (SSSR count). The third kappa shape index (κ3) is 6.93. The van der Waals surface area contributed by atoms with Gasteiger partial charge < -0.3 is 5.32 Å². The summed E-state index contributed by atoms with van der Waals surface area (Å²) in [6.07, 6.45) is 6.19. The highest BCUT2D eigenvalue weighted by atomic mass is 16.1. The monoisotopic (exact) mass is 199 g/mol. The van der Waals surface area contributed by atoms with Crippen LogP contribution in [-0.2, 0) is 4.79 Å². The molecule has 0 bridgehead atoms. The summed E-state index contributed by atoms with van der Waals surface area (Å²) in [5.41, 5.74) is -0.0297. The van der Waals surface area contributed by atoms with Gasteiger partial charge in [-0.05, 0) is 26.7 Å². The number of carbonyl (C=O) groups excluding carboxylic acids is 1. The zero-order valence-electron chi connectivity index (χ0n) is 10.2. The fourth-order valence-corrected chi connectivity index (χ4v) is 1.66. The molecule has 0 spiro atoms. The Hall–Kier alpha value is -0.530. The number of nitrogens with one attached hydrogen (secondary N) is 1. The molecule has 0 aromatic rings. The summed E-state index contributed by atoms with van der Waals surface area (Å²) in [6, 6.07) is 0. The first-order valence-electron chi connectivity index (χ1n) is 5.83. The fraction of sp³-hybridized carbons (Fsp3) is 0.917. The summed E-state index contributed by atoms with van der Waals surface area (Å²) in [4.78, 5) is 11.5. The average molecular weight is 199 g/mol. The lowest BCUT2D eigenvalue weighted by atomic mass is 9.98. The predicted molar refractivity (Wildman–Crippen MR) is 61.3 cm³/mol. The van der Waals surface area contributed by atoms with Gasteiger partial charge in [0.25, 0.3) is 0 Å². The number of amides is 1. The predicted octanol–water partition coefficient (Wildman–Crippen LogP) is 3.26. The number of hydrogen-bond acceptors (Lipinski definition) is 1. The molecule has 0 aliphatic rings. The maximum Gasteiger partial charge on any atom is 0.220 e. The van der Waals surface area contributed by atoms with Crippen molar-refractivity contribution in [1.82, 2.24) is 5.32 Å². The molecule has 2 nitrogen and oxygen atoms in total. The van der Waals surface area contributed by atoms with E-state index in [9.17, 15) is 4.79 Å². The van der Waals surface area contributed by atoms with E-state index in [-0.39, 0.29) is 11.4 Å². The highest BCUT2D eigenvalue weighted by molar-refractivity contribution is 5.76. The van der Waals surface area contributed by atoms with Crippen molar-refractivity contribution in [3.8, 4) is 0 Å². The molecule has 84 valence electrons. The number of unbranched alkanes of at least 4 members (excludes halogenated alkanes) is 2. The number of carbonyl (C=O) groups is 1. The number of hydrogen-bond donors (Lipinski definition) is 1. The third-order valence-corrected chi connectivity index (χ3v) is 2.36. The molecule has 0 aromatic heterocycles. The van der Waals surface area contributed by atoms with Crippen LogP contribution in [0.25, 0.3) is 0 Å². The molecule has 0 heterocycles. The highest BCUT2D eigenvalue weighted by Gasteiger charge is 2.18. The highest BCUT2D eigenvalue weighted by Crippen LogP contribution is 2.11. The Bertz CT molecular complexity index is 164. The second-order valence-electron chi connectivity index (χ2n) is 4.64. The average Bonchev–Trinajstić information content (AvgIpc) is 2.03. The maximum atomic E-state index is 11.5. The van der Waals surface area contributed by atoms with Gasteiger partial charge in [-0.25, -0.2) is 0 Å². The van der Waals surface area contributed by atoms with Crippen LogP contribution in [0.1, 0.15) is 66.2 Å². The van der Waals surface area contributed by atoms with E-state index in [1.807, 2.05) is 0 Å². The molecule has 0 fully saturated rings. The minimum atomic E-state index is -0.0297. The van der Waals surface area contributed by atoms with Gasteiger partial charge in [0.1, 0.15) is 0 Å². The molecule has 1 N–H and O–H groups in total. The van der Waals surface area contributed by atoms with E-state index in [0.717, 1.165) is 25.7 Å². The van der Waals surface area contributed by atoms with E-state index in [1.165, 1.54) is 6.42 Å². The smallest absolute Gasteiger partial charge is 0.220 e. The van der Waals surface area contributed by atoms with Crippen LogP contribution in [-0.4, -0.2) is 11.4 Å². The number of rotatable bonds is 7. The molecule has 0 aromatic carbocycles. The topological polar surface area (TPSA) is 29.1 Å². The summed E-state index contributed by atoms with van der Waals surface area (Å²) in [5, 5.41) is 3.08. The van der Waals surface area contributed by atoms with Crippen molar-refractivity contribution in [2.45, 2.75) is 71.8 Å². The fourth-order valence-electron chi connectivity index (χ4n) is 1.66. The van der Waals surface area contributed by atoms with Crippen molar-refractivity contribution in [3.05, 3.63) is 0 Å². The van der Waals surface area contributed by atoms with Crippen molar-refractivity contribution < 1.29 is 4.79 Å². The summed E-state index contributed by atoms with van der Waals surface area (Å²) < 4.78 is 0. The van der Waals surface area contributed by atoms with Crippen molar-refractivity contribution in [2.24, 2.45) is 0 Å².